The number of alkyl halides is 3. The second-order valence-electron chi connectivity index (χ2n) is 7.72. The zero-order valence-electron chi connectivity index (χ0n) is 13.9. The number of hydrogen-bond donors (Lipinski definition) is 2. The number of likely N-dealkylation sites (tertiary alicyclic amines) is 1. The molecular weight excluding hydrogens is 321 g/mol. The summed E-state index contributed by atoms with van der Waals surface area (Å²) in [5, 5.41) is 12.4. The molecule has 138 valence electrons. The highest BCUT2D eigenvalue weighted by molar-refractivity contribution is 5.74. The number of carbonyl (C=O) groups excluding carboxylic acids is 1. The van der Waals surface area contributed by atoms with Gasteiger partial charge >= 0.3 is 12.2 Å². The molecule has 1 aliphatic heterocycles. The monoisotopic (exact) mass is 348 g/mol. The van der Waals surface area contributed by atoms with Gasteiger partial charge in [0.2, 0.25) is 0 Å². The van der Waals surface area contributed by atoms with Crippen molar-refractivity contribution >= 4 is 6.03 Å². The third-order valence-corrected chi connectivity index (χ3v) is 5.94. The molecule has 2 amide bonds. The molecule has 2 saturated carbocycles. The van der Waals surface area contributed by atoms with Crippen molar-refractivity contribution in [1.29, 1.82) is 0 Å². The molecule has 3 rings (SSSR count). The fourth-order valence-corrected chi connectivity index (χ4v) is 4.31. The lowest BCUT2D eigenvalue weighted by Crippen LogP contribution is -2.51. The first kappa shape index (κ1) is 17.8. The highest BCUT2D eigenvalue weighted by Gasteiger charge is 2.44. The third kappa shape index (κ3) is 4.35. The summed E-state index contributed by atoms with van der Waals surface area (Å²) in [6.45, 7) is 0.560. The van der Waals surface area contributed by atoms with E-state index in [0.29, 0.717) is 0 Å². The Morgan fingerprint density at radius 3 is 2.29 bits per heavy atom. The average Bonchev–Trinajstić information content (AvgIpc) is 3.38. The van der Waals surface area contributed by atoms with Crippen molar-refractivity contribution in [1.82, 2.24) is 10.2 Å². The van der Waals surface area contributed by atoms with Crippen LogP contribution in [0.25, 0.3) is 0 Å². The quantitative estimate of drug-likeness (QED) is 0.822. The molecule has 3 fully saturated rings. The number of aliphatic hydroxyl groups excluding tert-OH is 1. The first-order valence-corrected chi connectivity index (χ1v) is 9.15. The van der Waals surface area contributed by atoms with Gasteiger partial charge in [-0.1, -0.05) is 12.8 Å². The van der Waals surface area contributed by atoms with Crippen molar-refractivity contribution < 1.29 is 23.1 Å². The number of amides is 2. The average molecular weight is 348 g/mol. The molecule has 0 aromatic heterocycles. The lowest BCUT2D eigenvalue weighted by Gasteiger charge is -2.36. The maximum atomic E-state index is 12.6. The zero-order valence-corrected chi connectivity index (χ0v) is 13.9. The van der Waals surface area contributed by atoms with Crippen LogP contribution in [-0.4, -0.2) is 47.4 Å². The van der Waals surface area contributed by atoms with Gasteiger partial charge in [-0.2, -0.15) is 13.2 Å². The molecule has 0 bridgehead atoms. The highest BCUT2D eigenvalue weighted by Crippen LogP contribution is 2.44. The summed E-state index contributed by atoms with van der Waals surface area (Å²) >= 11 is 0. The van der Waals surface area contributed by atoms with Gasteiger partial charge in [-0.15, -0.1) is 0 Å². The Morgan fingerprint density at radius 2 is 1.71 bits per heavy atom. The summed E-state index contributed by atoms with van der Waals surface area (Å²) in [4.78, 5) is 14.0. The SMILES string of the molecule is O=C(NC1CCCC(C2CC2)C1)N1CCC(C(O)C(F)(F)F)CC1. The van der Waals surface area contributed by atoms with E-state index in [1.807, 2.05) is 0 Å². The minimum absolute atomic E-state index is 0.156. The number of nitrogens with one attached hydrogen (secondary N) is 1. The lowest BCUT2D eigenvalue weighted by molar-refractivity contribution is -0.222. The van der Waals surface area contributed by atoms with Gasteiger partial charge in [-0.05, 0) is 56.3 Å². The van der Waals surface area contributed by atoms with Gasteiger partial charge in [-0.25, -0.2) is 4.79 Å². The molecule has 24 heavy (non-hydrogen) atoms. The number of urea groups is 1. The van der Waals surface area contributed by atoms with Crippen molar-refractivity contribution in [2.75, 3.05) is 13.1 Å². The minimum atomic E-state index is -4.57. The Balaban J connectivity index is 1.43. The Bertz CT molecular complexity index is 446. The predicted molar refractivity (Wildman–Crippen MR) is 83.4 cm³/mol. The molecule has 1 heterocycles. The maximum absolute atomic E-state index is 12.6. The van der Waals surface area contributed by atoms with Crippen LogP contribution < -0.4 is 5.32 Å². The Morgan fingerprint density at radius 1 is 1.04 bits per heavy atom. The minimum Gasteiger partial charge on any atom is -0.383 e. The van der Waals surface area contributed by atoms with Crippen molar-refractivity contribution in [3.8, 4) is 0 Å². The Hall–Kier alpha value is -0.980. The molecule has 3 atom stereocenters. The van der Waals surface area contributed by atoms with E-state index in [4.69, 9.17) is 0 Å². The molecule has 0 aromatic rings. The van der Waals surface area contributed by atoms with Crippen LogP contribution in [0.2, 0.25) is 0 Å². The smallest absolute Gasteiger partial charge is 0.383 e. The highest BCUT2D eigenvalue weighted by atomic mass is 19.4. The first-order valence-electron chi connectivity index (χ1n) is 9.15. The van der Waals surface area contributed by atoms with Crippen LogP contribution >= 0.6 is 0 Å². The fourth-order valence-electron chi connectivity index (χ4n) is 4.31. The van der Waals surface area contributed by atoms with Gasteiger partial charge in [0.25, 0.3) is 0 Å². The molecule has 2 N–H and O–H groups in total. The molecule has 0 radical (unpaired) electrons. The van der Waals surface area contributed by atoms with E-state index in [2.05, 4.69) is 5.32 Å². The number of rotatable bonds is 3. The van der Waals surface area contributed by atoms with Crippen molar-refractivity contribution in [3.63, 3.8) is 0 Å². The van der Waals surface area contributed by atoms with Crippen LogP contribution in [0, 0.1) is 17.8 Å². The molecule has 3 aliphatic rings. The lowest BCUT2D eigenvalue weighted by atomic mass is 9.83. The number of halogens is 3. The number of carbonyl (C=O) groups is 1. The molecule has 0 spiro atoms. The Labute approximate surface area is 140 Å². The van der Waals surface area contributed by atoms with Gasteiger partial charge in [0.1, 0.15) is 0 Å². The van der Waals surface area contributed by atoms with Gasteiger partial charge in [-0.3, -0.25) is 0 Å². The van der Waals surface area contributed by atoms with E-state index in [9.17, 15) is 23.1 Å². The summed E-state index contributed by atoms with van der Waals surface area (Å²) in [7, 11) is 0. The normalized spacial score (nSPS) is 30.9. The van der Waals surface area contributed by atoms with Crippen molar-refractivity contribution in [3.05, 3.63) is 0 Å². The van der Waals surface area contributed by atoms with Crippen LogP contribution in [0.4, 0.5) is 18.0 Å². The van der Waals surface area contributed by atoms with Crippen LogP contribution in [0.1, 0.15) is 51.4 Å². The van der Waals surface area contributed by atoms with E-state index in [1.54, 1.807) is 4.90 Å². The topological polar surface area (TPSA) is 52.6 Å². The molecular formula is C17H27F3N2O2. The standard InChI is InChI=1S/C17H27F3N2O2/c18-17(19,20)15(23)12-6-8-22(9-7-12)16(24)21-14-3-1-2-13(10-14)11-4-5-11/h11-15,23H,1-10H2,(H,21,24). The molecule has 1 saturated heterocycles. The summed E-state index contributed by atoms with van der Waals surface area (Å²) in [5.41, 5.74) is 0. The largest absolute Gasteiger partial charge is 0.414 e. The molecule has 3 unspecified atom stereocenters. The van der Waals surface area contributed by atoms with Crippen LogP contribution in [0.15, 0.2) is 0 Å². The van der Waals surface area contributed by atoms with E-state index in [0.717, 1.165) is 31.1 Å². The number of nitrogens with zero attached hydrogens (tertiary/aromatic N) is 1. The Kier molecular flexibility index (Phi) is 5.27. The van der Waals surface area contributed by atoms with Gasteiger partial charge in [0, 0.05) is 19.1 Å². The summed E-state index contributed by atoms with van der Waals surface area (Å²) < 4.78 is 37.7. The molecule has 2 aliphatic carbocycles. The summed E-state index contributed by atoms with van der Waals surface area (Å²) in [5.74, 6) is 0.781. The van der Waals surface area contributed by atoms with Gasteiger partial charge < -0.3 is 15.3 Å². The number of hydrogen-bond acceptors (Lipinski definition) is 2. The van der Waals surface area contributed by atoms with Gasteiger partial charge in [0.15, 0.2) is 6.10 Å². The zero-order chi connectivity index (χ0) is 17.3. The van der Waals surface area contributed by atoms with E-state index in [1.165, 1.54) is 19.3 Å². The van der Waals surface area contributed by atoms with E-state index in [-0.39, 0.29) is 38.0 Å². The fraction of sp³-hybridized carbons (Fsp3) is 0.941. The van der Waals surface area contributed by atoms with Crippen molar-refractivity contribution in [2.45, 2.75) is 69.7 Å². The van der Waals surface area contributed by atoms with Crippen molar-refractivity contribution in [2.24, 2.45) is 17.8 Å². The van der Waals surface area contributed by atoms with E-state index >= 15 is 0 Å². The second kappa shape index (κ2) is 7.10. The third-order valence-electron chi connectivity index (χ3n) is 5.94. The summed E-state index contributed by atoms with van der Waals surface area (Å²) in [6, 6.07) is 0.0479. The molecule has 7 heteroatoms. The summed E-state index contributed by atoms with van der Waals surface area (Å²) in [6.07, 6.45) is 0.630. The van der Waals surface area contributed by atoms with Gasteiger partial charge in [0.05, 0.1) is 0 Å². The number of aliphatic hydroxyl groups is 1. The first-order chi connectivity index (χ1) is 11.3. The number of piperidine rings is 1. The van der Waals surface area contributed by atoms with E-state index < -0.39 is 18.2 Å². The molecule has 0 aromatic carbocycles. The van der Waals surface area contributed by atoms with Crippen LogP contribution in [0.3, 0.4) is 0 Å². The predicted octanol–water partition coefficient (Wildman–Crippen LogP) is 3.30. The maximum Gasteiger partial charge on any atom is 0.414 e. The molecule has 4 nitrogen and oxygen atoms in total. The van der Waals surface area contributed by atoms with Crippen LogP contribution in [-0.2, 0) is 0 Å². The second-order valence-corrected chi connectivity index (χ2v) is 7.72. The van der Waals surface area contributed by atoms with Crippen LogP contribution in [0.5, 0.6) is 0 Å².